The Hall–Kier alpha value is -0.920. The van der Waals surface area contributed by atoms with Crippen molar-refractivity contribution in [3.8, 4) is 0 Å². The van der Waals surface area contributed by atoms with E-state index in [4.69, 9.17) is 0 Å². The summed E-state index contributed by atoms with van der Waals surface area (Å²) >= 11 is 5.24. The predicted octanol–water partition coefficient (Wildman–Crippen LogP) is 2.32. The van der Waals surface area contributed by atoms with Crippen molar-refractivity contribution in [2.75, 3.05) is 26.2 Å². The summed E-state index contributed by atoms with van der Waals surface area (Å²) in [5.74, 6) is -0.0272. The smallest absolute Gasteiger partial charge is 0.245 e. The highest BCUT2D eigenvalue weighted by Gasteiger charge is 2.30. The van der Waals surface area contributed by atoms with E-state index >= 15 is 0 Å². The van der Waals surface area contributed by atoms with Crippen LogP contribution in [0.4, 0.5) is 0 Å². The normalized spacial score (nSPS) is 17.3. The molecule has 2 amide bonds. The molecule has 7 heteroatoms. The number of nitrogens with one attached hydrogen (secondary N) is 1. The first-order chi connectivity index (χ1) is 10.9. The van der Waals surface area contributed by atoms with Crippen LogP contribution in [0.2, 0.25) is 0 Å². The molecule has 0 saturated carbocycles. The Bertz CT molecular complexity index is 553. The summed E-state index contributed by atoms with van der Waals surface area (Å²) in [6.45, 7) is 9.48. The molecule has 1 atom stereocenters. The maximum Gasteiger partial charge on any atom is 0.245 e. The molecule has 0 spiro atoms. The molecule has 0 bridgehead atoms. The van der Waals surface area contributed by atoms with Gasteiger partial charge in [0.25, 0.3) is 0 Å². The first-order valence-electron chi connectivity index (χ1n) is 7.89. The van der Waals surface area contributed by atoms with Gasteiger partial charge in [-0.1, -0.05) is 13.8 Å². The van der Waals surface area contributed by atoms with Crippen LogP contribution in [0.25, 0.3) is 0 Å². The molecule has 2 rings (SSSR count). The minimum Gasteiger partial charge on any atom is -0.344 e. The molecule has 5 nitrogen and oxygen atoms in total. The lowest BCUT2D eigenvalue weighted by molar-refractivity contribution is -0.138. The number of rotatable bonds is 5. The van der Waals surface area contributed by atoms with Gasteiger partial charge in [0, 0.05) is 44.5 Å². The molecule has 2 heterocycles. The van der Waals surface area contributed by atoms with E-state index in [0.717, 1.165) is 23.4 Å². The van der Waals surface area contributed by atoms with Crippen molar-refractivity contribution in [1.29, 1.82) is 0 Å². The van der Waals surface area contributed by atoms with E-state index in [1.165, 1.54) is 11.8 Å². The van der Waals surface area contributed by atoms with Crippen LogP contribution >= 0.6 is 27.3 Å². The van der Waals surface area contributed by atoms with Crippen molar-refractivity contribution < 1.29 is 9.59 Å². The number of carbonyl (C=O) groups excluding carboxylic acids is 2. The largest absolute Gasteiger partial charge is 0.344 e. The van der Waals surface area contributed by atoms with Crippen molar-refractivity contribution in [2.24, 2.45) is 5.92 Å². The second-order valence-corrected chi connectivity index (χ2v) is 8.78. The van der Waals surface area contributed by atoms with Crippen molar-refractivity contribution >= 4 is 39.1 Å². The molecule has 1 aliphatic rings. The SMILES string of the molecule is CC(=O)N[C@@H](C(=O)N1CCN(Cc2ccc(Br)s2)CC1)C(C)C. The second-order valence-electron chi connectivity index (χ2n) is 6.23. The third kappa shape index (κ3) is 5.29. The fourth-order valence-corrected chi connectivity index (χ4v) is 4.24. The van der Waals surface area contributed by atoms with Crippen LogP contribution in [-0.2, 0) is 16.1 Å². The first-order valence-corrected chi connectivity index (χ1v) is 9.50. The molecule has 0 aromatic carbocycles. The van der Waals surface area contributed by atoms with Gasteiger partial charge in [-0.15, -0.1) is 11.3 Å². The van der Waals surface area contributed by atoms with Crippen molar-refractivity contribution in [2.45, 2.75) is 33.4 Å². The van der Waals surface area contributed by atoms with Crippen LogP contribution < -0.4 is 5.32 Å². The predicted molar refractivity (Wildman–Crippen MR) is 96.3 cm³/mol. The molecule has 1 aliphatic heterocycles. The Morgan fingerprint density at radius 2 is 1.91 bits per heavy atom. The van der Waals surface area contributed by atoms with E-state index < -0.39 is 6.04 Å². The van der Waals surface area contributed by atoms with E-state index in [1.807, 2.05) is 18.7 Å². The maximum absolute atomic E-state index is 12.6. The second kappa shape index (κ2) is 8.26. The summed E-state index contributed by atoms with van der Waals surface area (Å²) < 4.78 is 1.15. The van der Waals surface area contributed by atoms with Crippen molar-refractivity contribution in [1.82, 2.24) is 15.1 Å². The average molecular weight is 402 g/mol. The van der Waals surface area contributed by atoms with Crippen LogP contribution in [0, 0.1) is 5.92 Å². The molecule has 1 aromatic rings. The van der Waals surface area contributed by atoms with E-state index in [9.17, 15) is 9.59 Å². The molecule has 23 heavy (non-hydrogen) atoms. The van der Waals surface area contributed by atoms with Crippen molar-refractivity contribution in [3.05, 3.63) is 20.8 Å². The summed E-state index contributed by atoms with van der Waals surface area (Å²) in [5.41, 5.74) is 0. The minimum absolute atomic E-state index is 0.0359. The summed E-state index contributed by atoms with van der Waals surface area (Å²) in [4.78, 5) is 29.5. The molecule has 0 aliphatic carbocycles. The van der Waals surface area contributed by atoms with Crippen LogP contribution in [0.1, 0.15) is 25.6 Å². The monoisotopic (exact) mass is 401 g/mol. The summed E-state index contributed by atoms with van der Waals surface area (Å²) in [6.07, 6.45) is 0. The molecule has 1 aromatic heterocycles. The van der Waals surface area contributed by atoms with Crippen molar-refractivity contribution in [3.63, 3.8) is 0 Å². The van der Waals surface area contributed by atoms with Gasteiger partial charge in [-0.25, -0.2) is 0 Å². The number of hydrogen-bond donors (Lipinski definition) is 1. The molecular weight excluding hydrogens is 378 g/mol. The molecule has 0 radical (unpaired) electrons. The van der Waals surface area contributed by atoms with Gasteiger partial charge >= 0.3 is 0 Å². The van der Waals surface area contributed by atoms with Gasteiger partial charge in [-0.3, -0.25) is 14.5 Å². The highest BCUT2D eigenvalue weighted by atomic mass is 79.9. The summed E-state index contributed by atoms with van der Waals surface area (Å²) in [5, 5.41) is 2.78. The Labute approximate surface area is 150 Å². The number of hydrogen-bond acceptors (Lipinski definition) is 4. The van der Waals surface area contributed by atoms with Gasteiger partial charge in [0.2, 0.25) is 11.8 Å². The lowest BCUT2D eigenvalue weighted by atomic mass is 10.0. The Morgan fingerprint density at radius 3 is 2.39 bits per heavy atom. The number of amides is 2. The quantitative estimate of drug-likeness (QED) is 0.823. The van der Waals surface area contributed by atoms with Gasteiger partial charge in [0.1, 0.15) is 6.04 Å². The fraction of sp³-hybridized carbons (Fsp3) is 0.625. The van der Waals surface area contributed by atoms with Gasteiger partial charge < -0.3 is 10.2 Å². The summed E-state index contributed by atoms with van der Waals surface area (Å²) in [7, 11) is 0. The Balaban J connectivity index is 1.87. The third-order valence-corrected chi connectivity index (χ3v) is 5.59. The topological polar surface area (TPSA) is 52.7 Å². The van der Waals surface area contributed by atoms with Crippen LogP contribution in [0.15, 0.2) is 15.9 Å². The minimum atomic E-state index is -0.424. The van der Waals surface area contributed by atoms with E-state index in [1.54, 1.807) is 11.3 Å². The Morgan fingerprint density at radius 1 is 1.26 bits per heavy atom. The highest BCUT2D eigenvalue weighted by Crippen LogP contribution is 2.23. The van der Waals surface area contributed by atoms with Gasteiger partial charge in [-0.2, -0.15) is 0 Å². The molecule has 128 valence electrons. The molecule has 1 fully saturated rings. The number of piperazine rings is 1. The zero-order valence-electron chi connectivity index (χ0n) is 13.8. The van der Waals surface area contributed by atoms with E-state index in [-0.39, 0.29) is 17.7 Å². The number of nitrogens with zero attached hydrogens (tertiary/aromatic N) is 2. The molecule has 0 unspecified atom stereocenters. The lowest BCUT2D eigenvalue weighted by Crippen LogP contribution is -2.56. The highest BCUT2D eigenvalue weighted by molar-refractivity contribution is 9.11. The fourth-order valence-electron chi connectivity index (χ4n) is 2.71. The van der Waals surface area contributed by atoms with Gasteiger partial charge in [-0.05, 0) is 34.0 Å². The zero-order chi connectivity index (χ0) is 17.0. The zero-order valence-corrected chi connectivity index (χ0v) is 16.2. The number of thiophene rings is 1. The third-order valence-electron chi connectivity index (χ3n) is 3.98. The standard InChI is InChI=1S/C16H24BrN3O2S/c1-11(2)15(18-12(3)21)16(22)20-8-6-19(7-9-20)10-13-4-5-14(17)23-13/h4-5,11,15H,6-10H2,1-3H3,(H,18,21)/t15-/m1/s1. The van der Waals surface area contributed by atoms with Gasteiger partial charge in [0.05, 0.1) is 3.79 Å². The Kier molecular flexibility index (Phi) is 6.61. The molecule has 1 N–H and O–H groups in total. The van der Waals surface area contributed by atoms with E-state index in [0.29, 0.717) is 13.1 Å². The van der Waals surface area contributed by atoms with Crippen LogP contribution in [0.3, 0.4) is 0 Å². The lowest BCUT2D eigenvalue weighted by Gasteiger charge is -2.37. The maximum atomic E-state index is 12.6. The number of halogens is 1. The van der Waals surface area contributed by atoms with Crippen LogP contribution in [0.5, 0.6) is 0 Å². The van der Waals surface area contributed by atoms with E-state index in [2.05, 4.69) is 38.3 Å². The molecule has 1 saturated heterocycles. The number of carbonyl (C=O) groups is 2. The first kappa shape index (κ1) is 18.4. The average Bonchev–Trinajstić information content (AvgIpc) is 2.89. The van der Waals surface area contributed by atoms with Gasteiger partial charge in [0.15, 0.2) is 0 Å². The summed E-state index contributed by atoms with van der Waals surface area (Å²) in [6, 6.07) is 3.78. The molecular formula is C16H24BrN3O2S. The van der Waals surface area contributed by atoms with Crippen LogP contribution in [-0.4, -0.2) is 53.8 Å².